The summed E-state index contributed by atoms with van der Waals surface area (Å²) in [5.41, 5.74) is 0.840. The molecule has 1 amide bonds. The lowest BCUT2D eigenvalue weighted by atomic mass is 10.1. The molecule has 1 atom stereocenters. The van der Waals surface area contributed by atoms with Gasteiger partial charge in [0.25, 0.3) is 11.6 Å². The van der Waals surface area contributed by atoms with E-state index in [9.17, 15) is 19.7 Å². The Morgan fingerprint density at radius 1 is 1.21 bits per heavy atom. The lowest BCUT2D eigenvalue weighted by molar-refractivity contribution is -0.384. The Labute approximate surface area is 165 Å². The number of rotatable bonds is 7. The minimum atomic E-state index is -0.748. The first-order valence-electron chi connectivity index (χ1n) is 8.68. The molecule has 0 unspecified atom stereocenters. The van der Waals surface area contributed by atoms with Crippen molar-refractivity contribution in [3.8, 4) is 11.5 Å². The van der Waals surface area contributed by atoms with Gasteiger partial charge in [-0.05, 0) is 30.7 Å². The quantitative estimate of drug-likeness (QED) is 0.410. The summed E-state index contributed by atoms with van der Waals surface area (Å²) in [5.74, 6) is 0.143. The fraction of sp³-hybridized carbons (Fsp3) is 0.263. The summed E-state index contributed by atoms with van der Waals surface area (Å²) in [7, 11) is 1.25. The predicted octanol–water partition coefficient (Wildman–Crippen LogP) is 2.23. The number of nitro groups is 1. The number of hydrogen-bond donors (Lipinski definition) is 2. The van der Waals surface area contributed by atoms with Crippen molar-refractivity contribution in [2.24, 2.45) is 0 Å². The van der Waals surface area contributed by atoms with Gasteiger partial charge in [-0.3, -0.25) is 14.9 Å². The summed E-state index contributed by atoms with van der Waals surface area (Å²) < 4.78 is 15.2. The van der Waals surface area contributed by atoms with Gasteiger partial charge in [-0.25, -0.2) is 4.79 Å². The molecule has 1 heterocycles. The van der Waals surface area contributed by atoms with Crippen LogP contribution in [0.1, 0.15) is 22.8 Å². The second-order valence-corrected chi connectivity index (χ2v) is 6.25. The van der Waals surface area contributed by atoms with Crippen molar-refractivity contribution < 1.29 is 28.7 Å². The Kier molecular flexibility index (Phi) is 5.82. The van der Waals surface area contributed by atoms with Crippen LogP contribution in [0.25, 0.3) is 0 Å². The number of nitrogens with zero attached hydrogens (tertiary/aromatic N) is 1. The number of carbonyl (C=O) groups is 2. The monoisotopic (exact) mass is 401 g/mol. The van der Waals surface area contributed by atoms with Crippen molar-refractivity contribution in [3.63, 3.8) is 0 Å². The highest BCUT2D eigenvalue weighted by atomic mass is 16.7. The minimum absolute atomic E-state index is 0.0377. The summed E-state index contributed by atoms with van der Waals surface area (Å²) >= 11 is 0. The molecule has 0 fully saturated rings. The molecule has 2 aromatic rings. The molecule has 29 heavy (non-hydrogen) atoms. The van der Waals surface area contributed by atoms with Crippen LogP contribution in [0.5, 0.6) is 11.5 Å². The van der Waals surface area contributed by atoms with Gasteiger partial charge in [0.1, 0.15) is 6.04 Å². The zero-order chi connectivity index (χ0) is 21.0. The number of fused-ring (bicyclic) bond motifs is 1. The SMILES string of the molecule is COC(=O)[C@@H](C)Nc1ccc([N+](=O)[O-])cc1C(=O)NCc1ccc2c(c1)OCO2. The molecule has 2 N–H and O–H groups in total. The minimum Gasteiger partial charge on any atom is -0.467 e. The maximum absolute atomic E-state index is 12.7. The topological polar surface area (TPSA) is 129 Å². The third-order valence-corrected chi connectivity index (χ3v) is 4.28. The van der Waals surface area contributed by atoms with E-state index in [1.807, 2.05) is 0 Å². The fourth-order valence-corrected chi connectivity index (χ4v) is 2.76. The van der Waals surface area contributed by atoms with Crippen LogP contribution in [0.3, 0.4) is 0 Å². The summed E-state index contributed by atoms with van der Waals surface area (Å²) in [5, 5.41) is 16.7. The number of ether oxygens (including phenoxy) is 3. The highest BCUT2D eigenvalue weighted by Crippen LogP contribution is 2.32. The summed E-state index contributed by atoms with van der Waals surface area (Å²) in [6.45, 7) is 1.87. The number of hydrogen-bond acceptors (Lipinski definition) is 8. The molecule has 0 radical (unpaired) electrons. The first-order chi connectivity index (χ1) is 13.9. The molecule has 2 aromatic carbocycles. The Bertz CT molecular complexity index is 961. The third-order valence-electron chi connectivity index (χ3n) is 4.28. The highest BCUT2D eigenvalue weighted by Gasteiger charge is 2.21. The summed E-state index contributed by atoms with van der Waals surface area (Å²) in [4.78, 5) is 34.9. The van der Waals surface area contributed by atoms with E-state index < -0.39 is 22.8 Å². The van der Waals surface area contributed by atoms with Crippen LogP contribution in [0, 0.1) is 10.1 Å². The maximum atomic E-state index is 12.7. The van der Waals surface area contributed by atoms with E-state index in [0.717, 1.165) is 11.6 Å². The number of nitro benzene ring substituents is 1. The van der Waals surface area contributed by atoms with Crippen molar-refractivity contribution in [2.75, 3.05) is 19.2 Å². The van der Waals surface area contributed by atoms with E-state index in [-0.39, 0.29) is 30.3 Å². The molecule has 0 spiro atoms. The summed E-state index contributed by atoms with van der Waals surface area (Å²) in [6.07, 6.45) is 0. The molecule has 152 valence electrons. The standard InChI is InChI=1S/C19H19N3O7/c1-11(19(24)27-2)21-15-5-4-13(22(25)26)8-14(15)18(23)20-9-12-3-6-16-17(7-12)29-10-28-16/h3-8,11,21H,9-10H2,1-2H3,(H,20,23)/t11-/m1/s1. The smallest absolute Gasteiger partial charge is 0.327 e. The molecule has 0 aliphatic carbocycles. The number of non-ortho nitro benzene ring substituents is 1. The van der Waals surface area contributed by atoms with Gasteiger partial charge in [0.05, 0.1) is 17.6 Å². The number of methoxy groups -OCH3 is 1. The molecule has 0 saturated heterocycles. The van der Waals surface area contributed by atoms with Crippen molar-refractivity contribution in [1.29, 1.82) is 0 Å². The van der Waals surface area contributed by atoms with Gasteiger partial charge in [0, 0.05) is 24.4 Å². The second kappa shape index (κ2) is 8.46. The number of amides is 1. The third kappa shape index (κ3) is 4.54. The van der Waals surface area contributed by atoms with Gasteiger partial charge < -0.3 is 24.8 Å². The number of benzene rings is 2. The van der Waals surface area contributed by atoms with Crippen LogP contribution >= 0.6 is 0 Å². The summed E-state index contributed by atoms with van der Waals surface area (Å²) in [6, 6.07) is 8.30. The van der Waals surface area contributed by atoms with Crippen molar-refractivity contribution in [2.45, 2.75) is 19.5 Å². The Morgan fingerprint density at radius 3 is 2.69 bits per heavy atom. The van der Waals surface area contributed by atoms with Crippen LogP contribution in [0.15, 0.2) is 36.4 Å². The van der Waals surface area contributed by atoms with E-state index in [4.69, 9.17) is 9.47 Å². The average molecular weight is 401 g/mol. The molecule has 10 heteroatoms. The van der Waals surface area contributed by atoms with Crippen LogP contribution in [-0.2, 0) is 16.1 Å². The predicted molar refractivity (Wildman–Crippen MR) is 102 cm³/mol. The fourth-order valence-electron chi connectivity index (χ4n) is 2.76. The molecule has 0 bridgehead atoms. The number of esters is 1. The van der Waals surface area contributed by atoms with E-state index in [2.05, 4.69) is 15.4 Å². The van der Waals surface area contributed by atoms with Crippen molar-refractivity contribution in [3.05, 3.63) is 57.6 Å². The Balaban J connectivity index is 1.78. The van der Waals surface area contributed by atoms with Crippen LogP contribution in [0.4, 0.5) is 11.4 Å². The van der Waals surface area contributed by atoms with E-state index in [0.29, 0.717) is 11.5 Å². The van der Waals surface area contributed by atoms with Crippen LogP contribution < -0.4 is 20.1 Å². The van der Waals surface area contributed by atoms with Crippen molar-refractivity contribution >= 4 is 23.3 Å². The van der Waals surface area contributed by atoms with Gasteiger partial charge >= 0.3 is 5.97 Å². The zero-order valence-corrected chi connectivity index (χ0v) is 15.8. The maximum Gasteiger partial charge on any atom is 0.327 e. The normalized spacial score (nSPS) is 12.8. The van der Waals surface area contributed by atoms with Gasteiger partial charge in [0.2, 0.25) is 6.79 Å². The first-order valence-corrected chi connectivity index (χ1v) is 8.68. The molecule has 1 aliphatic rings. The molecule has 10 nitrogen and oxygen atoms in total. The largest absolute Gasteiger partial charge is 0.467 e. The highest BCUT2D eigenvalue weighted by molar-refractivity contribution is 6.00. The van der Waals surface area contributed by atoms with Gasteiger partial charge in [0.15, 0.2) is 11.5 Å². The van der Waals surface area contributed by atoms with Crippen LogP contribution in [-0.4, -0.2) is 36.7 Å². The van der Waals surface area contributed by atoms with Crippen LogP contribution in [0.2, 0.25) is 0 Å². The average Bonchev–Trinajstić information content (AvgIpc) is 3.19. The molecule has 3 rings (SSSR count). The van der Waals surface area contributed by atoms with E-state index >= 15 is 0 Å². The molecule has 1 aliphatic heterocycles. The Hall–Kier alpha value is -3.82. The van der Waals surface area contributed by atoms with E-state index in [1.165, 1.54) is 19.2 Å². The number of carbonyl (C=O) groups excluding carboxylic acids is 2. The zero-order valence-electron chi connectivity index (χ0n) is 15.8. The Morgan fingerprint density at radius 2 is 1.97 bits per heavy atom. The van der Waals surface area contributed by atoms with Gasteiger partial charge in [-0.1, -0.05) is 6.07 Å². The van der Waals surface area contributed by atoms with Gasteiger partial charge in [-0.15, -0.1) is 0 Å². The molecular weight excluding hydrogens is 382 g/mol. The van der Waals surface area contributed by atoms with E-state index in [1.54, 1.807) is 25.1 Å². The van der Waals surface area contributed by atoms with Crippen molar-refractivity contribution in [1.82, 2.24) is 5.32 Å². The lowest BCUT2D eigenvalue weighted by Crippen LogP contribution is -2.30. The first kappa shape index (κ1) is 19.9. The molecular formula is C19H19N3O7. The van der Waals surface area contributed by atoms with Gasteiger partial charge in [-0.2, -0.15) is 0 Å². The lowest BCUT2D eigenvalue weighted by Gasteiger charge is -2.16. The molecule has 0 saturated carbocycles. The number of anilines is 1. The molecule has 0 aromatic heterocycles. The number of nitrogens with one attached hydrogen (secondary N) is 2. The second-order valence-electron chi connectivity index (χ2n) is 6.25.